The number of carbonyl (C=O) groups excluding carboxylic acids is 1. The second-order valence-corrected chi connectivity index (χ2v) is 6.82. The number of hydrogen-bond acceptors (Lipinski definition) is 5. The van der Waals surface area contributed by atoms with Gasteiger partial charge in [-0.3, -0.25) is 4.79 Å². The van der Waals surface area contributed by atoms with Crippen LogP contribution < -0.4 is 0 Å². The molecule has 0 aliphatic carbocycles. The van der Waals surface area contributed by atoms with E-state index in [1.165, 1.54) is 12.3 Å². The molecule has 0 aliphatic rings. The van der Waals surface area contributed by atoms with Crippen LogP contribution >= 0.6 is 22.3 Å². The number of aromatic hydroxyl groups is 1. The second-order valence-electron chi connectivity index (χ2n) is 3.88. The van der Waals surface area contributed by atoms with Crippen LogP contribution in [-0.4, -0.2) is 38.3 Å². The van der Waals surface area contributed by atoms with Gasteiger partial charge in [-0.25, -0.2) is 8.42 Å². The van der Waals surface area contributed by atoms with Crippen LogP contribution in [0.4, 0.5) is 0 Å². The summed E-state index contributed by atoms with van der Waals surface area (Å²) < 4.78 is 22.5. The van der Waals surface area contributed by atoms with Gasteiger partial charge in [-0.05, 0) is 6.07 Å². The third kappa shape index (κ3) is 4.12. The Morgan fingerprint density at radius 1 is 1.37 bits per heavy atom. The van der Waals surface area contributed by atoms with E-state index >= 15 is 0 Å². The smallest absolute Gasteiger partial charge is 0.262 e. The van der Waals surface area contributed by atoms with Crippen LogP contribution in [0.25, 0.3) is 0 Å². The molecule has 8 heteroatoms. The average molecular weight is 324 g/mol. The van der Waals surface area contributed by atoms with Crippen molar-refractivity contribution in [2.24, 2.45) is 0 Å². The topological polar surface area (TPSA) is 74.7 Å². The number of carbonyl (C=O) groups is 1. The molecular weight excluding hydrogens is 313 g/mol. The predicted octanol–water partition coefficient (Wildman–Crippen LogP) is 2.23. The van der Waals surface area contributed by atoms with Gasteiger partial charge < -0.3 is 10.0 Å². The molecule has 0 saturated heterocycles. The minimum absolute atomic E-state index is 0.193. The zero-order chi connectivity index (χ0) is 14.8. The van der Waals surface area contributed by atoms with Gasteiger partial charge in [-0.2, -0.15) is 0 Å². The summed E-state index contributed by atoms with van der Waals surface area (Å²) in [7, 11) is 4.51. The van der Waals surface area contributed by atoms with Crippen LogP contribution in [0, 0.1) is 0 Å². The van der Waals surface area contributed by atoms with E-state index in [9.17, 15) is 18.3 Å². The van der Waals surface area contributed by atoms with E-state index in [4.69, 9.17) is 22.3 Å². The molecule has 0 aliphatic heterocycles. The normalized spacial score (nSPS) is 11.8. The fourth-order valence-electron chi connectivity index (χ4n) is 1.23. The first-order chi connectivity index (χ1) is 8.62. The van der Waals surface area contributed by atoms with Gasteiger partial charge in [-0.15, -0.1) is 0 Å². The summed E-state index contributed by atoms with van der Waals surface area (Å²) in [6, 6.07) is 1.91. The minimum atomic E-state index is -4.10. The van der Waals surface area contributed by atoms with E-state index in [2.05, 4.69) is 0 Å². The Kier molecular flexibility index (Phi) is 4.84. The number of phenols is 1. The summed E-state index contributed by atoms with van der Waals surface area (Å²) in [6.07, 6.45) is 2.65. The summed E-state index contributed by atoms with van der Waals surface area (Å²) in [5.74, 6) is -0.980. The highest BCUT2D eigenvalue weighted by molar-refractivity contribution is 8.13. The van der Waals surface area contributed by atoms with E-state index in [1.54, 1.807) is 19.0 Å². The van der Waals surface area contributed by atoms with E-state index in [1.807, 2.05) is 0 Å². The van der Waals surface area contributed by atoms with Gasteiger partial charge in [0.25, 0.3) is 9.05 Å². The molecule has 104 valence electrons. The van der Waals surface area contributed by atoms with Crippen LogP contribution in [0.1, 0.15) is 10.4 Å². The van der Waals surface area contributed by atoms with Crippen molar-refractivity contribution in [3.63, 3.8) is 0 Å². The Hall–Kier alpha value is -1.24. The largest absolute Gasteiger partial charge is 0.507 e. The first-order valence-electron chi connectivity index (χ1n) is 4.99. The molecule has 0 heterocycles. The second kappa shape index (κ2) is 5.81. The van der Waals surface area contributed by atoms with E-state index in [0.29, 0.717) is 0 Å². The summed E-state index contributed by atoms with van der Waals surface area (Å²) in [6.45, 7) is 0. The SMILES string of the molecule is CN(C)/C=C/C(=O)c1cc(S(=O)(=O)Cl)c(Cl)cc1O. The van der Waals surface area contributed by atoms with Gasteiger partial charge in [0.15, 0.2) is 5.78 Å². The maximum atomic E-state index is 11.8. The first-order valence-corrected chi connectivity index (χ1v) is 7.68. The van der Waals surface area contributed by atoms with Crippen molar-refractivity contribution in [1.82, 2.24) is 4.90 Å². The monoisotopic (exact) mass is 323 g/mol. The number of rotatable bonds is 4. The van der Waals surface area contributed by atoms with Crippen molar-refractivity contribution in [3.05, 3.63) is 35.0 Å². The number of hydrogen-bond donors (Lipinski definition) is 1. The summed E-state index contributed by atoms with van der Waals surface area (Å²) in [5, 5.41) is 9.38. The molecular formula is C11H11Cl2NO4S. The summed E-state index contributed by atoms with van der Waals surface area (Å²) in [4.78, 5) is 13.0. The Morgan fingerprint density at radius 3 is 2.42 bits per heavy atom. The van der Waals surface area contributed by atoms with Gasteiger partial charge in [0.1, 0.15) is 10.6 Å². The predicted molar refractivity (Wildman–Crippen MR) is 73.3 cm³/mol. The van der Waals surface area contributed by atoms with Crippen molar-refractivity contribution < 1.29 is 18.3 Å². The molecule has 1 aromatic rings. The maximum Gasteiger partial charge on any atom is 0.262 e. The number of ketones is 1. The van der Waals surface area contributed by atoms with Gasteiger partial charge in [-0.1, -0.05) is 11.6 Å². The molecule has 1 aromatic carbocycles. The Labute approximate surface area is 120 Å². The molecule has 0 radical (unpaired) electrons. The molecule has 0 atom stereocenters. The molecule has 0 saturated carbocycles. The number of benzene rings is 1. The van der Waals surface area contributed by atoms with Crippen LogP contribution in [0.5, 0.6) is 5.75 Å². The summed E-state index contributed by atoms with van der Waals surface area (Å²) >= 11 is 5.66. The van der Waals surface area contributed by atoms with E-state index in [-0.39, 0.29) is 10.6 Å². The van der Waals surface area contributed by atoms with Crippen molar-refractivity contribution in [3.8, 4) is 5.75 Å². The quantitative estimate of drug-likeness (QED) is 0.522. The molecule has 1 rings (SSSR count). The molecule has 0 amide bonds. The third-order valence-electron chi connectivity index (χ3n) is 2.10. The Morgan fingerprint density at radius 2 is 1.95 bits per heavy atom. The number of phenolic OH excluding ortho intramolecular Hbond substituents is 1. The van der Waals surface area contributed by atoms with Crippen LogP contribution in [0.3, 0.4) is 0 Å². The van der Waals surface area contributed by atoms with Gasteiger partial charge in [0, 0.05) is 43.1 Å². The lowest BCUT2D eigenvalue weighted by atomic mass is 10.1. The highest BCUT2D eigenvalue weighted by Gasteiger charge is 2.20. The van der Waals surface area contributed by atoms with E-state index in [0.717, 1.165) is 12.1 Å². The van der Waals surface area contributed by atoms with Crippen molar-refractivity contribution in [1.29, 1.82) is 0 Å². The minimum Gasteiger partial charge on any atom is -0.507 e. The Bertz CT molecular complexity index is 638. The molecule has 0 spiro atoms. The van der Waals surface area contributed by atoms with Crippen molar-refractivity contribution >= 4 is 37.1 Å². The maximum absolute atomic E-state index is 11.8. The lowest BCUT2D eigenvalue weighted by Gasteiger charge is -2.07. The molecule has 19 heavy (non-hydrogen) atoms. The lowest BCUT2D eigenvalue weighted by Crippen LogP contribution is -2.04. The van der Waals surface area contributed by atoms with Crippen LogP contribution in [0.2, 0.25) is 5.02 Å². The van der Waals surface area contributed by atoms with Crippen molar-refractivity contribution in [2.75, 3.05) is 14.1 Å². The molecule has 1 N–H and O–H groups in total. The number of nitrogens with zero attached hydrogens (tertiary/aromatic N) is 1. The molecule has 0 fully saturated rings. The highest BCUT2D eigenvalue weighted by atomic mass is 35.7. The molecule has 5 nitrogen and oxygen atoms in total. The first kappa shape index (κ1) is 15.8. The summed E-state index contributed by atoms with van der Waals surface area (Å²) in [5.41, 5.74) is -0.193. The highest BCUT2D eigenvalue weighted by Crippen LogP contribution is 2.31. The third-order valence-corrected chi connectivity index (χ3v) is 3.89. The molecule has 0 aromatic heterocycles. The van der Waals surface area contributed by atoms with Crippen LogP contribution in [0.15, 0.2) is 29.3 Å². The lowest BCUT2D eigenvalue weighted by molar-refractivity contribution is 0.104. The fourth-order valence-corrected chi connectivity index (χ4v) is 2.75. The number of halogens is 2. The van der Waals surface area contributed by atoms with Gasteiger partial charge in [0.2, 0.25) is 0 Å². The molecule has 0 bridgehead atoms. The van der Waals surface area contributed by atoms with E-state index < -0.39 is 25.5 Å². The Balaban J connectivity index is 3.34. The number of allylic oxidation sites excluding steroid dienone is 1. The van der Waals surface area contributed by atoms with Gasteiger partial charge >= 0.3 is 0 Å². The molecule has 0 unspecified atom stereocenters. The van der Waals surface area contributed by atoms with Crippen LogP contribution in [-0.2, 0) is 9.05 Å². The van der Waals surface area contributed by atoms with Gasteiger partial charge in [0.05, 0.1) is 10.6 Å². The zero-order valence-corrected chi connectivity index (χ0v) is 12.4. The standard InChI is InChI=1S/C11H11Cl2NO4S/c1-14(2)4-3-9(15)7-5-11(19(13,17)18)8(12)6-10(7)16/h3-6,16H,1-2H3/b4-3+. The van der Waals surface area contributed by atoms with Crippen molar-refractivity contribution in [2.45, 2.75) is 4.90 Å². The average Bonchev–Trinajstić information content (AvgIpc) is 2.24. The fraction of sp³-hybridized carbons (Fsp3) is 0.182. The zero-order valence-electron chi connectivity index (χ0n) is 10.1.